The third kappa shape index (κ3) is 2.41. The monoisotopic (exact) mass is 297 g/mol. The molecule has 0 bridgehead atoms. The molecule has 0 radical (unpaired) electrons. The van der Waals surface area contributed by atoms with Gasteiger partial charge < -0.3 is 14.0 Å². The highest BCUT2D eigenvalue weighted by molar-refractivity contribution is 6.08. The number of aryl methyl sites for hydroxylation is 1. The Morgan fingerprint density at radius 3 is 2.64 bits per heavy atom. The molecular weight excluding hydrogens is 278 g/mol. The number of aromatic nitrogens is 1. The molecule has 0 aliphatic rings. The highest BCUT2D eigenvalue weighted by Gasteiger charge is 2.16. The molecule has 1 unspecified atom stereocenters. The van der Waals surface area contributed by atoms with Crippen molar-refractivity contribution >= 4 is 27.8 Å². The minimum Gasteiger partial charge on any atom is -0.479 e. The maximum Gasteiger partial charge on any atom is 0.347 e. The zero-order valence-electron chi connectivity index (χ0n) is 13.0. The number of esters is 1. The van der Waals surface area contributed by atoms with Gasteiger partial charge in [0.25, 0.3) is 0 Å². The second-order valence-electron chi connectivity index (χ2n) is 5.27. The second-order valence-corrected chi connectivity index (χ2v) is 5.27. The fourth-order valence-corrected chi connectivity index (χ4v) is 2.73. The number of ether oxygens (including phenoxy) is 2. The third-order valence-electron chi connectivity index (χ3n) is 3.82. The summed E-state index contributed by atoms with van der Waals surface area (Å²) in [5.74, 6) is 0.318. The highest BCUT2D eigenvalue weighted by Crippen LogP contribution is 2.30. The lowest BCUT2D eigenvalue weighted by Crippen LogP contribution is -2.26. The van der Waals surface area contributed by atoms with Gasteiger partial charge in [0.1, 0.15) is 5.75 Å². The molecule has 3 aromatic rings. The van der Waals surface area contributed by atoms with Crippen LogP contribution >= 0.6 is 0 Å². The van der Waals surface area contributed by atoms with Crippen LogP contribution in [-0.2, 0) is 16.6 Å². The van der Waals surface area contributed by atoms with Crippen molar-refractivity contribution < 1.29 is 14.3 Å². The van der Waals surface area contributed by atoms with Crippen LogP contribution in [0.4, 0.5) is 0 Å². The summed E-state index contributed by atoms with van der Waals surface area (Å²) in [5, 5.41) is 2.39. The van der Waals surface area contributed by atoms with Crippen molar-refractivity contribution in [3.8, 4) is 5.75 Å². The number of benzene rings is 2. The molecule has 0 saturated heterocycles. The lowest BCUT2D eigenvalue weighted by Gasteiger charge is -2.13. The summed E-state index contributed by atoms with van der Waals surface area (Å²) >= 11 is 0. The summed E-state index contributed by atoms with van der Waals surface area (Å²) in [5.41, 5.74) is 2.25. The standard InChI is InChI=1S/C18H19NO3/c1-4-21-18(20)12(2)22-13-9-10-15-14-7-5-6-8-16(14)19(3)17(15)11-13/h5-12H,4H2,1-3H3. The third-order valence-corrected chi connectivity index (χ3v) is 3.82. The first-order chi connectivity index (χ1) is 10.6. The first-order valence-corrected chi connectivity index (χ1v) is 7.42. The number of carbonyl (C=O) groups excluding carboxylic acids is 1. The van der Waals surface area contributed by atoms with Crippen LogP contribution in [0.15, 0.2) is 42.5 Å². The number of carbonyl (C=O) groups is 1. The van der Waals surface area contributed by atoms with Gasteiger partial charge in [0.05, 0.1) is 12.1 Å². The van der Waals surface area contributed by atoms with E-state index in [4.69, 9.17) is 9.47 Å². The largest absolute Gasteiger partial charge is 0.479 e. The Morgan fingerprint density at radius 2 is 1.86 bits per heavy atom. The van der Waals surface area contributed by atoms with Crippen molar-refractivity contribution in [2.45, 2.75) is 20.0 Å². The lowest BCUT2D eigenvalue weighted by molar-refractivity contribution is -0.150. The summed E-state index contributed by atoms with van der Waals surface area (Å²) in [4.78, 5) is 11.7. The maximum absolute atomic E-state index is 11.7. The van der Waals surface area contributed by atoms with Crippen LogP contribution in [0.5, 0.6) is 5.75 Å². The van der Waals surface area contributed by atoms with Crippen molar-refractivity contribution in [2.75, 3.05) is 6.61 Å². The molecule has 1 heterocycles. The molecule has 0 aliphatic carbocycles. The Hall–Kier alpha value is -2.49. The zero-order chi connectivity index (χ0) is 15.7. The van der Waals surface area contributed by atoms with Gasteiger partial charge in [-0.25, -0.2) is 4.79 Å². The predicted molar refractivity (Wildman–Crippen MR) is 87.1 cm³/mol. The Morgan fingerprint density at radius 1 is 1.14 bits per heavy atom. The number of fused-ring (bicyclic) bond motifs is 3. The number of nitrogens with zero attached hydrogens (tertiary/aromatic N) is 1. The van der Waals surface area contributed by atoms with E-state index in [9.17, 15) is 4.79 Å². The predicted octanol–water partition coefficient (Wildman–Crippen LogP) is 3.66. The maximum atomic E-state index is 11.7. The minimum atomic E-state index is -0.618. The number of hydrogen-bond acceptors (Lipinski definition) is 3. The van der Waals surface area contributed by atoms with Crippen LogP contribution < -0.4 is 4.74 Å². The first-order valence-electron chi connectivity index (χ1n) is 7.42. The van der Waals surface area contributed by atoms with Crippen LogP contribution in [0, 0.1) is 0 Å². The number of para-hydroxylation sites is 1. The van der Waals surface area contributed by atoms with E-state index >= 15 is 0 Å². The molecule has 114 valence electrons. The molecule has 0 spiro atoms. The second kappa shape index (κ2) is 5.72. The molecular formula is C18H19NO3. The molecule has 0 aliphatic heterocycles. The molecule has 2 aromatic carbocycles. The average Bonchev–Trinajstić information content (AvgIpc) is 2.81. The van der Waals surface area contributed by atoms with Gasteiger partial charge in [-0.15, -0.1) is 0 Å². The van der Waals surface area contributed by atoms with Crippen LogP contribution in [0.1, 0.15) is 13.8 Å². The average molecular weight is 297 g/mol. The van der Waals surface area contributed by atoms with Gasteiger partial charge in [-0.3, -0.25) is 0 Å². The number of rotatable bonds is 4. The lowest BCUT2D eigenvalue weighted by atomic mass is 10.1. The fraction of sp³-hybridized carbons (Fsp3) is 0.278. The summed E-state index contributed by atoms with van der Waals surface area (Å²) in [6.45, 7) is 3.84. The molecule has 4 heteroatoms. The smallest absolute Gasteiger partial charge is 0.347 e. The molecule has 22 heavy (non-hydrogen) atoms. The normalized spacial score (nSPS) is 12.5. The Bertz CT molecular complexity index is 835. The summed E-state index contributed by atoms with van der Waals surface area (Å²) in [7, 11) is 2.03. The van der Waals surface area contributed by atoms with Crippen molar-refractivity contribution in [2.24, 2.45) is 7.05 Å². The molecule has 0 saturated carbocycles. The summed E-state index contributed by atoms with van der Waals surface area (Å²) < 4.78 is 12.8. The van der Waals surface area contributed by atoms with Crippen LogP contribution in [0.25, 0.3) is 21.8 Å². The molecule has 4 nitrogen and oxygen atoms in total. The summed E-state index contributed by atoms with van der Waals surface area (Å²) in [6, 6.07) is 14.2. The molecule has 0 amide bonds. The van der Waals surface area contributed by atoms with Gasteiger partial charge in [0.15, 0.2) is 6.10 Å². The zero-order valence-corrected chi connectivity index (χ0v) is 13.0. The van der Waals surface area contributed by atoms with Crippen molar-refractivity contribution in [3.05, 3.63) is 42.5 Å². The van der Waals surface area contributed by atoms with Crippen LogP contribution in [0.3, 0.4) is 0 Å². The van der Waals surface area contributed by atoms with Crippen LogP contribution in [0.2, 0.25) is 0 Å². The van der Waals surface area contributed by atoms with E-state index in [2.05, 4.69) is 16.7 Å². The molecule has 3 rings (SSSR count). The van der Waals surface area contributed by atoms with E-state index < -0.39 is 6.10 Å². The van der Waals surface area contributed by atoms with E-state index in [1.165, 1.54) is 16.3 Å². The quantitative estimate of drug-likeness (QED) is 0.690. The Balaban J connectivity index is 1.98. The Kier molecular flexibility index (Phi) is 3.75. The van der Waals surface area contributed by atoms with Crippen molar-refractivity contribution in [3.63, 3.8) is 0 Å². The summed E-state index contributed by atoms with van der Waals surface area (Å²) in [6.07, 6.45) is -0.618. The van der Waals surface area contributed by atoms with Gasteiger partial charge in [0, 0.05) is 29.4 Å². The van der Waals surface area contributed by atoms with Gasteiger partial charge in [-0.1, -0.05) is 18.2 Å². The van der Waals surface area contributed by atoms with E-state index in [-0.39, 0.29) is 5.97 Å². The van der Waals surface area contributed by atoms with Crippen molar-refractivity contribution in [1.82, 2.24) is 4.57 Å². The SMILES string of the molecule is CCOC(=O)C(C)Oc1ccc2c3ccccc3n(C)c2c1. The molecule has 1 atom stereocenters. The van der Waals surface area contributed by atoms with E-state index in [1.807, 2.05) is 37.4 Å². The van der Waals surface area contributed by atoms with E-state index in [0.717, 1.165) is 5.52 Å². The minimum absolute atomic E-state index is 0.348. The Labute approximate surface area is 129 Å². The van der Waals surface area contributed by atoms with Crippen molar-refractivity contribution in [1.29, 1.82) is 0 Å². The van der Waals surface area contributed by atoms with E-state index in [1.54, 1.807) is 13.8 Å². The van der Waals surface area contributed by atoms with Gasteiger partial charge in [-0.05, 0) is 32.0 Å². The topological polar surface area (TPSA) is 40.5 Å². The number of hydrogen-bond donors (Lipinski definition) is 0. The highest BCUT2D eigenvalue weighted by atomic mass is 16.6. The van der Waals surface area contributed by atoms with Gasteiger partial charge in [-0.2, -0.15) is 0 Å². The van der Waals surface area contributed by atoms with E-state index in [0.29, 0.717) is 12.4 Å². The molecule has 0 fully saturated rings. The van der Waals surface area contributed by atoms with Crippen LogP contribution in [-0.4, -0.2) is 23.2 Å². The van der Waals surface area contributed by atoms with Gasteiger partial charge >= 0.3 is 5.97 Å². The molecule has 1 aromatic heterocycles. The first kappa shape index (κ1) is 14.4. The molecule has 0 N–H and O–H groups in total. The van der Waals surface area contributed by atoms with Gasteiger partial charge in [0.2, 0.25) is 0 Å². The fourth-order valence-electron chi connectivity index (χ4n) is 2.73.